The van der Waals surface area contributed by atoms with Crippen LogP contribution in [0.3, 0.4) is 0 Å². The van der Waals surface area contributed by atoms with Gasteiger partial charge in [0.15, 0.2) is 0 Å². The fourth-order valence-electron chi connectivity index (χ4n) is 2.11. The molecule has 4 nitrogen and oxygen atoms in total. The number of halogens is 1. The van der Waals surface area contributed by atoms with Crippen LogP contribution in [-0.2, 0) is 11.3 Å². The van der Waals surface area contributed by atoms with Gasteiger partial charge in [0.2, 0.25) is 0 Å². The lowest BCUT2D eigenvalue weighted by Crippen LogP contribution is -2.31. The maximum Gasteiger partial charge on any atom is 0.317 e. The number of ether oxygens (including phenoxy) is 1. The second-order valence-corrected chi connectivity index (χ2v) is 5.83. The molecule has 1 aliphatic rings. The Hall–Kier alpha value is -1.07. The lowest BCUT2D eigenvalue weighted by molar-refractivity contribution is -0.138. The predicted molar refractivity (Wildman–Crippen MR) is 76.3 cm³/mol. The average Bonchev–Trinajstić information content (AvgIpc) is 3.12. The van der Waals surface area contributed by atoms with Crippen LogP contribution in [0.5, 0.6) is 5.75 Å². The normalized spacial score (nSPS) is 14.7. The molecule has 2 rings (SSSR count). The first-order valence-electron chi connectivity index (χ1n) is 6.35. The highest BCUT2D eigenvalue weighted by atomic mass is 79.9. The van der Waals surface area contributed by atoms with Gasteiger partial charge in [-0.2, -0.15) is 0 Å². The zero-order chi connectivity index (χ0) is 13.8. The van der Waals surface area contributed by atoms with Crippen LogP contribution in [-0.4, -0.2) is 36.2 Å². The Labute approximate surface area is 121 Å². The van der Waals surface area contributed by atoms with Crippen LogP contribution in [0.4, 0.5) is 0 Å². The molecule has 1 saturated carbocycles. The Kier molecular flexibility index (Phi) is 4.82. The van der Waals surface area contributed by atoms with Crippen molar-refractivity contribution >= 4 is 21.9 Å². The summed E-state index contributed by atoms with van der Waals surface area (Å²) >= 11 is 3.45. The molecule has 19 heavy (non-hydrogen) atoms. The molecule has 1 aromatic carbocycles. The number of hydrogen-bond donors (Lipinski definition) is 1. The van der Waals surface area contributed by atoms with Crippen LogP contribution >= 0.6 is 15.9 Å². The van der Waals surface area contributed by atoms with Crippen molar-refractivity contribution in [3.05, 3.63) is 28.2 Å². The topological polar surface area (TPSA) is 49.8 Å². The van der Waals surface area contributed by atoms with Crippen molar-refractivity contribution < 1.29 is 14.6 Å². The summed E-state index contributed by atoms with van der Waals surface area (Å²) in [5.74, 6) is 0.699. The van der Waals surface area contributed by atoms with E-state index in [1.807, 2.05) is 23.1 Å². The molecule has 104 valence electrons. The van der Waals surface area contributed by atoms with Gasteiger partial charge in [0.1, 0.15) is 5.75 Å². The largest absolute Gasteiger partial charge is 0.496 e. The maximum absolute atomic E-state index is 10.9. The van der Waals surface area contributed by atoms with E-state index in [4.69, 9.17) is 9.84 Å². The van der Waals surface area contributed by atoms with Gasteiger partial charge in [-0.05, 0) is 52.4 Å². The molecular formula is C14H18BrNO3. The van der Waals surface area contributed by atoms with Crippen LogP contribution in [0.15, 0.2) is 22.7 Å². The number of carboxylic acid groups (broad SMARTS) is 1. The minimum Gasteiger partial charge on any atom is -0.496 e. The van der Waals surface area contributed by atoms with Crippen LogP contribution in [0, 0.1) is 5.92 Å². The zero-order valence-corrected chi connectivity index (χ0v) is 12.5. The molecule has 0 spiro atoms. The summed E-state index contributed by atoms with van der Waals surface area (Å²) in [6.45, 7) is 1.63. The van der Waals surface area contributed by atoms with Crippen molar-refractivity contribution in [3.63, 3.8) is 0 Å². The molecule has 0 atom stereocenters. The van der Waals surface area contributed by atoms with E-state index < -0.39 is 5.97 Å². The summed E-state index contributed by atoms with van der Waals surface area (Å²) in [4.78, 5) is 12.9. The molecule has 0 amide bonds. The number of carbonyl (C=O) groups is 1. The molecule has 1 fully saturated rings. The highest BCUT2D eigenvalue weighted by Gasteiger charge is 2.25. The highest BCUT2D eigenvalue weighted by molar-refractivity contribution is 9.10. The van der Waals surface area contributed by atoms with Gasteiger partial charge in [0.05, 0.1) is 18.1 Å². The molecule has 0 radical (unpaired) electrons. The monoisotopic (exact) mass is 327 g/mol. The molecule has 1 aliphatic carbocycles. The van der Waals surface area contributed by atoms with E-state index in [9.17, 15) is 4.79 Å². The van der Waals surface area contributed by atoms with Crippen molar-refractivity contribution in [2.24, 2.45) is 5.92 Å². The van der Waals surface area contributed by atoms with Crippen LogP contribution < -0.4 is 4.74 Å². The first-order valence-corrected chi connectivity index (χ1v) is 7.14. The molecule has 0 heterocycles. The molecule has 1 aromatic rings. The summed E-state index contributed by atoms with van der Waals surface area (Å²) in [5.41, 5.74) is 1.09. The minimum atomic E-state index is -0.770. The van der Waals surface area contributed by atoms with E-state index in [0.717, 1.165) is 22.3 Å². The fraction of sp³-hybridized carbons (Fsp3) is 0.500. The Balaban J connectivity index is 2.02. The molecule has 0 aromatic heterocycles. The lowest BCUT2D eigenvalue weighted by Gasteiger charge is -2.20. The summed E-state index contributed by atoms with van der Waals surface area (Å²) in [5, 5.41) is 8.96. The number of benzene rings is 1. The Bertz CT molecular complexity index is 460. The number of hydrogen-bond acceptors (Lipinski definition) is 3. The van der Waals surface area contributed by atoms with Gasteiger partial charge in [-0.15, -0.1) is 0 Å². The van der Waals surface area contributed by atoms with Gasteiger partial charge in [-0.1, -0.05) is 6.07 Å². The van der Waals surface area contributed by atoms with E-state index in [0.29, 0.717) is 12.5 Å². The van der Waals surface area contributed by atoms with Crippen LogP contribution in [0.25, 0.3) is 0 Å². The van der Waals surface area contributed by atoms with Gasteiger partial charge in [-0.25, -0.2) is 0 Å². The van der Waals surface area contributed by atoms with Crippen molar-refractivity contribution in [2.45, 2.75) is 19.4 Å². The molecule has 0 aliphatic heterocycles. The molecule has 0 unspecified atom stereocenters. The smallest absolute Gasteiger partial charge is 0.317 e. The maximum atomic E-state index is 10.9. The van der Waals surface area contributed by atoms with E-state index in [1.54, 1.807) is 7.11 Å². The Morgan fingerprint density at radius 2 is 2.26 bits per heavy atom. The summed E-state index contributed by atoms with van der Waals surface area (Å²) in [6, 6.07) is 5.86. The third kappa shape index (κ3) is 4.51. The first-order chi connectivity index (χ1) is 9.08. The van der Waals surface area contributed by atoms with Gasteiger partial charge >= 0.3 is 5.97 Å². The number of nitrogens with zero attached hydrogens (tertiary/aromatic N) is 1. The number of methoxy groups -OCH3 is 1. The molecular weight excluding hydrogens is 310 g/mol. The Morgan fingerprint density at radius 3 is 2.79 bits per heavy atom. The van der Waals surface area contributed by atoms with Crippen molar-refractivity contribution in [1.82, 2.24) is 4.90 Å². The van der Waals surface area contributed by atoms with Crippen molar-refractivity contribution in [3.8, 4) is 5.75 Å². The SMILES string of the molecule is COc1ccc(CN(CC(=O)O)CC2CC2)cc1Br. The number of rotatable bonds is 7. The third-order valence-electron chi connectivity index (χ3n) is 3.19. The summed E-state index contributed by atoms with van der Waals surface area (Å²) in [6.07, 6.45) is 2.45. The first kappa shape index (κ1) is 14.3. The van der Waals surface area contributed by atoms with Crippen LogP contribution in [0.2, 0.25) is 0 Å². The zero-order valence-electron chi connectivity index (χ0n) is 10.9. The molecule has 0 bridgehead atoms. The van der Waals surface area contributed by atoms with Crippen molar-refractivity contribution in [2.75, 3.05) is 20.2 Å². The van der Waals surface area contributed by atoms with Gasteiger partial charge < -0.3 is 9.84 Å². The minimum absolute atomic E-state index is 0.0974. The standard InChI is InChI=1S/C14H18BrNO3/c1-19-13-5-4-11(6-12(13)15)8-16(9-14(17)18)7-10-2-3-10/h4-6,10H,2-3,7-9H2,1H3,(H,17,18). The second-order valence-electron chi connectivity index (χ2n) is 4.98. The van der Waals surface area contributed by atoms with E-state index in [-0.39, 0.29) is 6.54 Å². The van der Waals surface area contributed by atoms with Gasteiger partial charge in [0.25, 0.3) is 0 Å². The quantitative estimate of drug-likeness (QED) is 0.836. The Morgan fingerprint density at radius 1 is 1.53 bits per heavy atom. The summed E-state index contributed by atoms with van der Waals surface area (Å²) in [7, 11) is 1.63. The predicted octanol–water partition coefficient (Wildman–Crippen LogP) is 2.75. The average molecular weight is 328 g/mol. The molecule has 5 heteroatoms. The van der Waals surface area contributed by atoms with E-state index in [1.165, 1.54) is 12.8 Å². The van der Waals surface area contributed by atoms with E-state index >= 15 is 0 Å². The lowest BCUT2D eigenvalue weighted by atomic mass is 10.2. The number of carboxylic acids is 1. The summed E-state index contributed by atoms with van der Waals surface area (Å²) < 4.78 is 6.09. The number of aliphatic carboxylic acids is 1. The second kappa shape index (κ2) is 6.39. The van der Waals surface area contributed by atoms with E-state index in [2.05, 4.69) is 15.9 Å². The highest BCUT2D eigenvalue weighted by Crippen LogP contribution is 2.31. The third-order valence-corrected chi connectivity index (χ3v) is 3.81. The van der Waals surface area contributed by atoms with Gasteiger partial charge in [0, 0.05) is 13.1 Å². The van der Waals surface area contributed by atoms with Crippen molar-refractivity contribution in [1.29, 1.82) is 0 Å². The van der Waals surface area contributed by atoms with Gasteiger partial charge in [-0.3, -0.25) is 9.69 Å². The van der Waals surface area contributed by atoms with Crippen LogP contribution in [0.1, 0.15) is 18.4 Å². The molecule has 0 saturated heterocycles. The fourth-order valence-corrected chi connectivity index (χ4v) is 2.70. The molecule has 1 N–H and O–H groups in total.